The highest BCUT2D eigenvalue weighted by molar-refractivity contribution is 7.99. The average molecular weight is 345 g/mol. The fourth-order valence-electron chi connectivity index (χ4n) is 2.75. The molecule has 1 unspecified atom stereocenters. The van der Waals surface area contributed by atoms with Gasteiger partial charge in [-0.25, -0.2) is 4.39 Å². The molecule has 0 saturated carbocycles. The molecule has 0 N–H and O–H groups in total. The van der Waals surface area contributed by atoms with Crippen LogP contribution in [0.5, 0.6) is 5.75 Å². The Morgan fingerprint density at radius 2 is 1.88 bits per heavy atom. The van der Waals surface area contributed by atoms with E-state index in [1.165, 1.54) is 17.7 Å². The molecule has 1 amide bonds. The quantitative estimate of drug-likeness (QED) is 0.841. The Kier molecular flexibility index (Phi) is 5.75. The van der Waals surface area contributed by atoms with Crippen molar-refractivity contribution in [3.63, 3.8) is 0 Å². The molecular formula is C19H20FNO2S. The van der Waals surface area contributed by atoms with Crippen molar-refractivity contribution in [1.29, 1.82) is 0 Å². The molecule has 3 nitrogen and oxygen atoms in total. The van der Waals surface area contributed by atoms with E-state index in [1.807, 2.05) is 34.9 Å². The summed E-state index contributed by atoms with van der Waals surface area (Å²) >= 11 is 1.88. The third-order valence-electron chi connectivity index (χ3n) is 4.05. The summed E-state index contributed by atoms with van der Waals surface area (Å²) in [5.41, 5.74) is 1.31. The Morgan fingerprint density at radius 3 is 2.67 bits per heavy atom. The third-order valence-corrected chi connectivity index (χ3v) is 5.38. The van der Waals surface area contributed by atoms with Crippen molar-refractivity contribution in [2.75, 3.05) is 25.4 Å². The van der Waals surface area contributed by atoms with Gasteiger partial charge in [-0.15, -0.1) is 0 Å². The molecule has 0 aromatic heterocycles. The smallest absolute Gasteiger partial charge is 0.260 e. The topological polar surface area (TPSA) is 29.5 Å². The zero-order valence-electron chi connectivity index (χ0n) is 13.4. The summed E-state index contributed by atoms with van der Waals surface area (Å²) in [6.07, 6.45) is 0.917. The molecule has 0 bridgehead atoms. The summed E-state index contributed by atoms with van der Waals surface area (Å²) in [6, 6.07) is 16.5. The van der Waals surface area contributed by atoms with Crippen LogP contribution in [0.25, 0.3) is 0 Å². The van der Waals surface area contributed by atoms with Gasteiger partial charge in [-0.05, 0) is 24.1 Å². The standard InChI is InChI=1S/C19H20FNO2S/c20-16-8-4-5-9-17(16)23-14-19(22)21-11-10-18(24-13-12-21)15-6-2-1-3-7-15/h1-9,18H,10-14H2. The number of benzene rings is 2. The van der Waals surface area contributed by atoms with Gasteiger partial charge in [0.1, 0.15) is 0 Å². The Labute approximate surface area is 145 Å². The molecule has 1 heterocycles. The van der Waals surface area contributed by atoms with E-state index in [-0.39, 0.29) is 18.3 Å². The summed E-state index contributed by atoms with van der Waals surface area (Å²) in [6.45, 7) is 1.28. The van der Waals surface area contributed by atoms with Crippen molar-refractivity contribution < 1.29 is 13.9 Å². The van der Waals surface area contributed by atoms with E-state index in [2.05, 4.69) is 12.1 Å². The second-order valence-corrected chi connectivity index (χ2v) is 6.97. The van der Waals surface area contributed by atoms with Gasteiger partial charge in [0.2, 0.25) is 0 Å². The molecular weight excluding hydrogens is 325 g/mol. The Balaban J connectivity index is 1.54. The van der Waals surface area contributed by atoms with Crippen LogP contribution >= 0.6 is 11.8 Å². The molecule has 0 radical (unpaired) electrons. The molecule has 24 heavy (non-hydrogen) atoms. The largest absolute Gasteiger partial charge is 0.481 e. The number of rotatable bonds is 4. The minimum atomic E-state index is -0.444. The molecule has 1 atom stereocenters. The van der Waals surface area contributed by atoms with Gasteiger partial charge >= 0.3 is 0 Å². The van der Waals surface area contributed by atoms with Crippen LogP contribution in [0.15, 0.2) is 54.6 Å². The Morgan fingerprint density at radius 1 is 1.12 bits per heavy atom. The summed E-state index contributed by atoms with van der Waals surface area (Å²) in [5.74, 6) is 0.482. The number of carbonyl (C=O) groups excluding carboxylic acids is 1. The lowest BCUT2D eigenvalue weighted by Gasteiger charge is -2.20. The van der Waals surface area contributed by atoms with Gasteiger partial charge in [0.15, 0.2) is 18.2 Å². The molecule has 1 aliphatic rings. The maximum absolute atomic E-state index is 13.5. The van der Waals surface area contributed by atoms with Crippen LogP contribution < -0.4 is 4.74 Å². The number of hydrogen-bond acceptors (Lipinski definition) is 3. The van der Waals surface area contributed by atoms with Crippen molar-refractivity contribution >= 4 is 17.7 Å². The highest BCUT2D eigenvalue weighted by atomic mass is 32.2. The fourth-order valence-corrected chi connectivity index (χ4v) is 3.98. The summed E-state index contributed by atoms with van der Waals surface area (Å²) < 4.78 is 18.9. The molecule has 1 aliphatic heterocycles. The highest BCUT2D eigenvalue weighted by Crippen LogP contribution is 2.34. The average Bonchev–Trinajstić information content (AvgIpc) is 2.88. The SMILES string of the molecule is O=C(COc1ccccc1F)N1CCSC(c2ccccc2)CC1. The van der Waals surface area contributed by atoms with Gasteiger partial charge in [0.05, 0.1) is 0 Å². The lowest BCUT2D eigenvalue weighted by Crippen LogP contribution is -2.36. The van der Waals surface area contributed by atoms with E-state index in [9.17, 15) is 9.18 Å². The second kappa shape index (κ2) is 8.20. The molecule has 2 aromatic rings. The molecule has 2 aromatic carbocycles. The Bertz CT molecular complexity index is 680. The lowest BCUT2D eigenvalue weighted by molar-refractivity contribution is -0.133. The van der Waals surface area contributed by atoms with E-state index in [1.54, 1.807) is 12.1 Å². The predicted molar refractivity (Wildman–Crippen MR) is 94.7 cm³/mol. The van der Waals surface area contributed by atoms with E-state index in [0.29, 0.717) is 18.3 Å². The highest BCUT2D eigenvalue weighted by Gasteiger charge is 2.22. The van der Waals surface area contributed by atoms with Crippen LogP contribution in [-0.4, -0.2) is 36.3 Å². The van der Waals surface area contributed by atoms with E-state index in [0.717, 1.165) is 12.2 Å². The van der Waals surface area contributed by atoms with Crippen molar-refractivity contribution in [1.82, 2.24) is 4.90 Å². The number of thioether (sulfide) groups is 1. The van der Waals surface area contributed by atoms with E-state index < -0.39 is 5.82 Å². The van der Waals surface area contributed by atoms with E-state index >= 15 is 0 Å². The first-order valence-corrected chi connectivity index (χ1v) is 9.10. The first kappa shape index (κ1) is 16.8. The normalized spacial score (nSPS) is 18.0. The van der Waals surface area contributed by atoms with Crippen LogP contribution in [-0.2, 0) is 4.79 Å². The van der Waals surface area contributed by atoms with Gasteiger partial charge < -0.3 is 9.64 Å². The van der Waals surface area contributed by atoms with Gasteiger partial charge in [-0.2, -0.15) is 11.8 Å². The van der Waals surface area contributed by atoms with Crippen molar-refractivity contribution in [2.45, 2.75) is 11.7 Å². The number of para-hydroxylation sites is 1. The summed E-state index contributed by atoms with van der Waals surface area (Å²) in [7, 11) is 0. The van der Waals surface area contributed by atoms with Crippen molar-refractivity contribution in [3.8, 4) is 5.75 Å². The van der Waals surface area contributed by atoms with Gasteiger partial charge in [0, 0.05) is 24.1 Å². The maximum Gasteiger partial charge on any atom is 0.260 e. The zero-order valence-corrected chi connectivity index (χ0v) is 14.2. The number of amides is 1. The van der Waals surface area contributed by atoms with Crippen LogP contribution in [0, 0.1) is 5.82 Å². The van der Waals surface area contributed by atoms with E-state index in [4.69, 9.17) is 4.74 Å². The van der Waals surface area contributed by atoms with Crippen LogP contribution in [0.2, 0.25) is 0 Å². The van der Waals surface area contributed by atoms with Crippen LogP contribution in [0.3, 0.4) is 0 Å². The number of ether oxygens (including phenoxy) is 1. The first-order valence-electron chi connectivity index (χ1n) is 8.05. The molecule has 0 aliphatic carbocycles. The maximum atomic E-state index is 13.5. The molecule has 3 rings (SSSR count). The number of hydrogen-bond donors (Lipinski definition) is 0. The fraction of sp³-hybridized carbons (Fsp3) is 0.316. The minimum absolute atomic E-state index is 0.0902. The van der Waals surface area contributed by atoms with Crippen LogP contribution in [0.1, 0.15) is 17.2 Å². The van der Waals surface area contributed by atoms with Gasteiger partial charge in [-0.1, -0.05) is 42.5 Å². The summed E-state index contributed by atoms with van der Waals surface area (Å²) in [4.78, 5) is 14.2. The van der Waals surface area contributed by atoms with Crippen LogP contribution in [0.4, 0.5) is 4.39 Å². The second-order valence-electron chi connectivity index (χ2n) is 5.66. The molecule has 1 saturated heterocycles. The number of carbonyl (C=O) groups is 1. The molecule has 0 spiro atoms. The molecule has 126 valence electrons. The van der Waals surface area contributed by atoms with Crippen molar-refractivity contribution in [3.05, 3.63) is 66.0 Å². The monoisotopic (exact) mass is 345 g/mol. The number of halogens is 1. The van der Waals surface area contributed by atoms with Crippen molar-refractivity contribution in [2.24, 2.45) is 0 Å². The molecule has 1 fully saturated rings. The number of nitrogens with zero attached hydrogens (tertiary/aromatic N) is 1. The Hall–Kier alpha value is -2.01. The third kappa shape index (κ3) is 4.29. The predicted octanol–water partition coefficient (Wildman–Crippen LogP) is 3.91. The zero-order chi connectivity index (χ0) is 16.8. The van der Waals surface area contributed by atoms with Gasteiger partial charge in [-0.3, -0.25) is 4.79 Å². The minimum Gasteiger partial charge on any atom is -0.481 e. The molecule has 5 heteroatoms. The van der Waals surface area contributed by atoms with Gasteiger partial charge in [0.25, 0.3) is 5.91 Å². The lowest BCUT2D eigenvalue weighted by atomic mass is 10.1. The summed E-state index contributed by atoms with van der Waals surface area (Å²) in [5, 5.41) is 0.413. The first-order chi connectivity index (χ1) is 11.7.